The lowest BCUT2D eigenvalue weighted by molar-refractivity contribution is 0.0374. The second kappa shape index (κ2) is 6.61. The van der Waals surface area contributed by atoms with Crippen LogP contribution < -0.4 is 4.74 Å². The molecule has 0 atom stereocenters. The van der Waals surface area contributed by atoms with Gasteiger partial charge in [0.15, 0.2) is 0 Å². The fourth-order valence-electron chi connectivity index (χ4n) is 2.28. The van der Waals surface area contributed by atoms with Crippen molar-refractivity contribution in [2.24, 2.45) is 0 Å². The third kappa shape index (κ3) is 3.62. The van der Waals surface area contributed by atoms with Gasteiger partial charge in [0.2, 0.25) is 0 Å². The normalized spacial score (nSPS) is 16.7. The Labute approximate surface area is 108 Å². The van der Waals surface area contributed by atoms with Gasteiger partial charge in [-0.1, -0.05) is 0 Å². The number of phenolic OH excluding ortho intramolecular Hbond substituents is 1. The lowest BCUT2D eigenvalue weighted by Gasteiger charge is -2.26. The molecule has 1 aliphatic rings. The fraction of sp³-hybridized carbons (Fsp3) is 0.571. The van der Waals surface area contributed by atoms with Crippen molar-refractivity contribution >= 4 is 0 Å². The number of nitrogens with zero attached hydrogens (tertiary/aromatic N) is 1. The van der Waals surface area contributed by atoms with Crippen LogP contribution in [0.1, 0.15) is 12.0 Å². The Morgan fingerprint density at radius 1 is 1.33 bits per heavy atom. The van der Waals surface area contributed by atoms with Crippen LogP contribution in [0.15, 0.2) is 18.2 Å². The summed E-state index contributed by atoms with van der Waals surface area (Å²) in [6.45, 7) is 4.81. The van der Waals surface area contributed by atoms with E-state index in [4.69, 9.17) is 9.47 Å². The molecule has 100 valence electrons. The second-order valence-electron chi connectivity index (χ2n) is 4.55. The molecule has 1 aliphatic heterocycles. The monoisotopic (exact) mass is 251 g/mol. The SMILES string of the molecule is COc1ccc(O)cc1CCCN1CCOCC1. The smallest absolute Gasteiger partial charge is 0.122 e. The molecule has 18 heavy (non-hydrogen) atoms. The van der Waals surface area contributed by atoms with Gasteiger partial charge in [-0.2, -0.15) is 0 Å². The molecule has 1 heterocycles. The Morgan fingerprint density at radius 2 is 2.11 bits per heavy atom. The van der Waals surface area contributed by atoms with E-state index in [1.54, 1.807) is 19.2 Å². The van der Waals surface area contributed by atoms with Crippen LogP contribution in [0.4, 0.5) is 0 Å². The van der Waals surface area contributed by atoms with Crippen molar-refractivity contribution in [2.45, 2.75) is 12.8 Å². The Balaban J connectivity index is 1.83. The summed E-state index contributed by atoms with van der Waals surface area (Å²) in [6, 6.07) is 5.27. The molecule has 1 saturated heterocycles. The summed E-state index contributed by atoms with van der Waals surface area (Å²) < 4.78 is 10.6. The van der Waals surface area contributed by atoms with Crippen molar-refractivity contribution < 1.29 is 14.6 Å². The summed E-state index contributed by atoms with van der Waals surface area (Å²) in [5.74, 6) is 1.16. The largest absolute Gasteiger partial charge is 0.508 e. The van der Waals surface area contributed by atoms with Gasteiger partial charge in [-0.3, -0.25) is 4.90 Å². The molecule has 1 fully saturated rings. The first kappa shape index (κ1) is 13.2. The van der Waals surface area contributed by atoms with E-state index in [1.165, 1.54) is 0 Å². The average Bonchev–Trinajstić information content (AvgIpc) is 2.40. The lowest BCUT2D eigenvalue weighted by Crippen LogP contribution is -2.36. The first-order chi connectivity index (χ1) is 8.79. The van der Waals surface area contributed by atoms with Crippen LogP contribution >= 0.6 is 0 Å². The molecule has 0 unspecified atom stereocenters. The number of morpholine rings is 1. The van der Waals surface area contributed by atoms with E-state index in [9.17, 15) is 5.11 Å². The highest BCUT2D eigenvalue weighted by molar-refractivity contribution is 5.39. The van der Waals surface area contributed by atoms with Crippen LogP contribution in [0.3, 0.4) is 0 Å². The van der Waals surface area contributed by atoms with Crippen molar-refractivity contribution in [1.29, 1.82) is 0 Å². The summed E-state index contributed by atoms with van der Waals surface area (Å²) in [5.41, 5.74) is 1.07. The highest BCUT2D eigenvalue weighted by atomic mass is 16.5. The highest BCUT2D eigenvalue weighted by Crippen LogP contribution is 2.24. The molecule has 1 aromatic carbocycles. The van der Waals surface area contributed by atoms with E-state index < -0.39 is 0 Å². The van der Waals surface area contributed by atoms with Crippen LogP contribution in [0.25, 0.3) is 0 Å². The third-order valence-electron chi connectivity index (χ3n) is 3.29. The van der Waals surface area contributed by atoms with Crippen LogP contribution in [0.2, 0.25) is 0 Å². The summed E-state index contributed by atoms with van der Waals surface area (Å²) in [4.78, 5) is 2.42. The molecular formula is C14H21NO3. The van der Waals surface area contributed by atoms with E-state index in [-0.39, 0.29) is 0 Å². The van der Waals surface area contributed by atoms with Crippen molar-refractivity contribution in [2.75, 3.05) is 40.0 Å². The quantitative estimate of drug-likeness (QED) is 0.864. The van der Waals surface area contributed by atoms with Crippen LogP contribution in [0.5, 0.6) is 11.5 Å². The van der Waals surface area contributed by atoms with E-state index >= 15 is 0 Å². The van der Waals surface area contributed by atoms with Gasteiger partial charge in [-0.25, -0.2) is 0 Å². The zero-order valence-corrected chi connectivity index (χ0v) is 10.9. The molecule has 1 aromatic rings. The maximum Gasteiger partial charge on any atom is 0.122 e. The molecule has 0 aliphatic carbocycles. The number of aryl methyl sites for hydroxylation is 1. The summed E-state index contributed by atoms with van der Waals surface area (Å²) in [5, 5.41) is 9.50. The van der Waals surface area contributed by atoms with E-state index in [0.29, 0.717) is 5.75 Å². The molecule has 2 rings (SSSR count). The standard InChI is InChI=1S/C14H21NO3/c1-17-14-5-4-13(16)11-12(14)3-2-6-15-7-9-18-10-8-15/h4-5,11,16H,2-3,6-10H2,1H3. The molecule has 1 N–H and O–H groups in total. The Kier molecular flexibility index (Phi) is 4.84. The van der Waals surface area contributed by atoms with Crippen molar-refractivity contribution in [1.82, 2.24) is 4.90 Å². The first-order valence-electron chi connectivity index (χ1n) is 6.45. The Hall–Kier alpha value is -1.26. The Morgan fingerprint density at radius 3 is 2.83 bits per heavy atom. The molecular weight excluding hydrogens is 230 g/mol. The molecule has 0 bridgehead atoms. The molecule has 0 radical (unpaired) electrons. The number of methoxy groups -OCH3 is 1. The second-order valence-corrected chi connectivity index (χ2v) is 4.55. The van der Waals surface area contributed by atoms with E-state index in [0.717, 1.165) is 57.0 Å². The maximum atomic E-state index is 9.50. The summed E-state index contributed by atoms with van der Waals surface area (Å²) in [6.07, 6.45) is 1.99. The van der Waals surface area contributed by atoms with Crippen molar-refractivity contribution in [3.63, 3.8) is 0 Å². The van der Waals surface area contributed by atoms with Crippen molar-refractivity contribution in [3.8, 4) is 11.5 Å². The highest BCUT2D eigenvalue weighted by Gasteiger charge is 2.10. The van der Waals surface area contributed by atoms with Crippen molar-refractivity contribution in [3.05, 3.63) is 23.8 Å². The van der Waals surface area contributed by atoms with Crippen LogP contribution in [-0.2, 0) is 11.2 Å². The van der Waals surface area contributed by atoms with Gasteiger partial charge in [0.1, 0.15) is 11.5 Å². The minimum absolute atomic E-state index is 0.303. The first-order valence-corrected chi connectivity index (χ1v) is 6.45. The van der Waals surface area contributed by atoms with Crippen LogP contribution in [0, 0.1) is 0 Å². The van der Waals surface area contributed by atoms with Crippen LogP contribution in [-0.4, -0.2) is 50.0 Å². The molecule has 0 amide bonds. The maximum absolute atomic E-state index is 9.50. The number of rotatable bonds is 5. The van der Waals surface area contributed by atoms with Gasteiger partial charge >= 0.3 is 0 Å². The summed E-state index contributed by atoms with van der Waals surface area (Å²) >= 11 is 0. The lowest BCUT2D eigenvalue weighted by atomic mass is 10.1. The number of phenols is 1. The fourth-order valence-corrected chi connectivity index (χ4v) is 2.28. The number of ether oxygens (including phenoxy) is 2. The molecule has 0 saturated carbocycles. The predicted molar refractivity (Wildman–Crippen MR) is 70.2 cm³/mol. The average molecular weight is 251 g/mol. The number of aromatic hydroxyl groups is 1. The van der Waals surface area contributed by atoms with Gasteiger partial charge in [-0.05, 0) is 43.1 Å². The Bertz CT molecular complexity index is 375. The van der Waals surface area contributed by atoms with Gasteiger partial charge in [0.05, 0.1) is 20.3 Å². The molecule has 4 nitrogen and oxygen atoms in total. The molecule has 4 heteroatoms. The van der Waals surface area contributed by atoms with Gasteiger partial charge < -0.3 is 14.6 Å². The zero-order valence-electron chi connectivity index (χ0n) is 10.9. The molecule has 0 aromatic heterocycles. The van der Waals surface area contributed by atoms with Gasteiger partial charge in [-0.15, -0.1) is 0 Å². The topological polar surface area (TPSA) is 41.9 Å². The number of hydrogen-bond donors (Lipinski definition) is 1. The zero-order chi connectivity index (χ0) is 12.8. The third-order valence-corrected chi connectivity index (χ3v) is 3.29. The van der Waals surface area contributed by atoms with Gasteiger partial charge in [0, 0.05) is 13.1 Å². The number of hydrogen-bond acceptors (Lipinski definition) is 4. The minimum Gasteiger partial charge on any atom is -0.508 e. The minimum atomic E-state index is 0.303. The molecule has 0 spiro atoms. The van der Waals surface area contributed by atoms with E-state index in [1.807, 2.05) is 6.07 Å². The predicted octanol–water partition coefficient (Wildman–Crippen LogP) is 1.67. The van der Waals surface area contributed by atoms with E-state index in [2.05, 4.69) is 4.90 Å². The van der Waals surface area contributed by atoms with Gasteiger partial charge in [0.25, 0.3) is 0 Å². The number of benzene rings is 1. The summed E-state index contributed by atoms with van der Waals surface area (Å²) in [7, 11) is 1.66.